The SMILES string of the molecule is COC(=O)Cc1ccccc1N(C(=O)OC)S(=O)(=O)c1ccc(C)cc1. The highest BCUT2D eigenvalue weighted by molar-refractivity contribution is 7.93. The molecule has 0 N–H and O–H groups in total. The molecule has 0 atom stereocenters. The molecule has 7 nitrogen and oxygen atoms in total. The Labute approximate surface area is 152 Å². The highest BCUT2D eigenvalue weighted by Crippen LogP contribution is 2.28. The predicted molar refractivity (Wildman–Crippen MR) is 95.4 cm³/mol. The highest BCUT2D eigenvalue weighted by atomic mass is 32.2. The van der Waals surface area contributed by atoms with Crippen molar-refractivity contribution in [2.24, 2.45) is 0 Å². The van der Waals surface area contributed by atoms with Gasteiger partial charge in [0.2, 0.25) is 0 Å². The molecule has 0 radical (unpaired) electrons. The number of hydrogen-bond donors (Lipinski definition) is 0. The second kappa shape index (κ2) is 8.01. The monoisotopic (exact) mass is 377 g/mol. The van der Waals surface area contributed by atoms with Crippen LogP contribution >= 0.6 is 0 Å². The number of anilines is 1. The van der Waals surface area contributed by atoms with E-state index in [2.05, 4.69) is 9.47 Å². The van der Waals surface area contributed by atoms with Crippen LogP contribution in [0.5, 0.6) is 0 Å². The van der Waals surface area contributed by atoms with Gasteiger partial charge in [-0.15, -0.1) is 0 Å². The molecule has 1 amide bonds. The van der Waals surface area contributed by atoms with E-state index in [1.807, 2.05) is 6.92 Å². The Morgan fingerprint density at radius 3 is 2.15 bits per heavy atom. The predicted octanol–water partition coefficient (Wildman–Crippen LogP) is 2.67. The van der Waals surface area contributed by atoms with E-state index in [0.29, 0.717) is 9.87 Å². The third kappa shape index (κ3) is 4.02. The van der Waals surface area contributed by atoms with E-state index in [0.717, 1.165) is 12.7 Å². The van der Waals surface area contributed by atoms with Crippen LogP contribution in [0.15, 0.2) is 53.4 Å². The fourth-order valence-corrected chi connectivity index (χ4v) is 3.71. The van der Waals surface area contributed by atoms with Gasteiger partial charge in [-0.05, 0) is 30.7 Å². The third-order valence-corrected chi connectivity index (χ3v) is 5.37. The zero-order valence-electron chi connectivity index (χ0n) is 14.6. The molecule has 0 aliphatic heterocycles. The third-order valence-electron chi connectivity index (χ3n) is 3.67. The summed E-state index contributed by atoms with van der Waals surface area (Å²) in [5, 5.41) is 0. The van der Waals surface area contributed by atoms with E-state index in [-0.39, 0.29) is 17.0 Å². The molecule has 0 unspecified atom stereocenters. The van der Waals surface area contributed by atoms with Crippen molar-refractivity contribution in [2.45, 2.75) is 18.2 Å². The minimum Gasteiger partial charge on any atom is -0.469 e. The van der Waals surface area contributed by atoms with Crippen LogP contribution in [0, 0.1) is 6.92 Å². The summed E-state index contributed by atoms with van der Waals surface area (Å²) in [5.74, 6) is -0.560. The number of ether oxygens (including phenoxy) is 2. The second-order valence-corrected chi connectivity index (χ2v) is 7.22. The molecular formula is C18H19NO6S. The van der Waals surface area contributed by atoms with Crippen LogP contribution in [0.4, 0.5) is 10.5 Å². The molecule has 26 heavy (non-hydrogen) atoms. The summed E-state index contributed by atoms with van der Waals surface area (Å²) in [4.78, 5) is 23.9. The summed E-state index contributed by atoms with van der Waals surface area (Å²) in [7, 11) is -1.93. The van der Waals surface area contributed by atoms with E-state index < -0.39 is 22.1 Å². The van der Waals surface area contributed by atoms with E-state index in [1.54, 1.807) is 30.3 Å². The first-order valence-electron chi connectivity index (χ1n) is 7.66. The van der Waals surface area contributed by atoms with Gasteiger partial charge < -0.3 is 9.47 Å². The topological polar surface area (TPSA) is 90.0 Å². The number of sulfonamides is 1. The number of nitrogens with zero attached hydrogens (tertiary/aromatic N) is 1. The van der Waals surface area contributed by atoms with Crippen molar-refractivity contribution in [1.82, 2.24) is 0 Å². The zero-order chi connectivity index (χ0) is 19.3. The lowest BCUT2D eigenvalue weighted by Crippen LogP contribution is -2.37. The lowest BCUT2D eigenvalue weighted by molar-refractivity contribution is -0.139. The Balaban J connectivity index is 2.61. The number of para-hydroxylation sites is 1. The van der Waals surface area contributed by atoms with E-state index >= 15 is 0 Å². The Morgan fingerprint density at radius 2 is 1.58 bits per heavy atom. The molecule has 0 saturated carbocycles. The normalized spacial score (nSPS) is 10.9. The standard InChI is InChI=1S/C18H19NO6S/c1-13-8-10-15(11-9-13)26(22,23)19(18(21)25-3)16-7-5-4-6-14(16)12-17(20)24-2/h4-11H,12H2,1-3H3. The van der Waals surface area contributed by atoms with Crippen LogP contribution in [-0.4, -0.2) is 34.7 Å². The number of hydrogen-bond acceptors (Lipinski definition) is 6. The quantitative estimate of drug-likeness (QED) is 0.744. The molecule has 2 aromatic carbocycles. The number of esters is 1. The van der Waals surface area contributed by atoms with Gasteiger partial charge in [0.1, 0.15) is 0 Å². The Morgan fingerprint density at radius 1 is 0.962 bits per heavy atom. The largest absolute Gasteiger partial charge is 0.469 e. The van der Waals surface area contributed by atoms with Gasteiger partial charge >= 0.3 is 12.1 Å². The molecule has 0 heterocycles. The lowest BCUT2D eigenvalue weighted by Gasteiger charge is -2.23. The molecule has 8 heteroatoms. The molecule has 2 aromatic rings. The van der Waals surface area contributed by atoms with Gasteiger partial charge in [-0.25, -0.2) is 13.2 Å². The van der Waals surface area contributed by atoms with Crippen molar-refractivity contribution in [1.29, 1.82) is 0 Å². The van der Waals surface area contributed by atoms with Gasteiger partial charge in [0.25, 0.3) is 10.0 Å². The first-order chi connectivity index (χ1) is 12.3. The maximum absolute atomic E-state index is 13.1. The molecule has 0 aliphatic rings. The molecule has 0 fully saturated rings. The maximum Gasteiger partial charge on any atom is 0.428 e. The smallest absolute Gasteiger partial charge is 0.428 e. The molecular weight excluding hydrogens is 358 g/mol. The number of amides is 1. The summed E-state index contributed by atoms with van der Waals surface area (Å²) in [6, 6.07) is 12.2. The van der Waals surface area contributed by atoms with Crippen molar-refractivity contribution < 1.29 is 27.5 Å². The first-order valence-corrected chi connectivity index (χ1v) is 9.10. The highest BCUT2D eigenvalue weighted by Gasteiger charge is 2.33. The summed E-state index contributed by atoms with van der Waals surface area (Å²) < 4.78 is 36.0. The molecule has 2 rings (SSSR count). The van der Waals surface area contributed by atoms with Gasteiger partial charge in [0.05, 0.1) is 31.2 Å². The van der Waals surface area contributed by atoms with Crippen LogP contribution in [0.3, 0.4) is 0 Å². The lowest BCUT2D eigenvalue weighted by atomic mass is 10.1. The van der Waals surface area contributed by atoms with Crippen LogP contribution in [-0.2, 0) is 30.7 Å². The van der Waals surface area contributed by atoms with Crippen LogP contribution in [0.25, 0.3) is 0 Å². The summed E-state index contributed by atoms with van der Waals surface area (Å²) in [6.07, 6.45) is -1.27. The molecule has 0 spiro atoms. The Kier molecular flexibility index (Phi) is 5.99. The average Bonchev–Trinajstić information content (AvgIpc) is 2.63. The van der Waals surface area contributed by atoms with E-state index in [1.165, 1.54) is 25.3 Å². The van der Waals surface area contributed by atoms with Gasteiger partial charge in [-0.3, -0.25) is 4.79 Å². The Hall–Kier alpha value is -2.87. The van der Waals surface area contributed by atoms with Crippen LogP contribution < -0.4 is 4.31 Å². The number of benzene rings is 2. The second-order valence-electron chi connectivity index (χ2n) is 5.43. The molecule has 0 bridgehead atoms. The van der Waals surface area contributed by atoms with Gasteiger partial charge in [-0.2, -0.15) is 4.31 Å². The average molecular weight is 377 g/mol. The van der Waals surface area contributed by atoms with Gasteiger partial charge in [0.15, 0.2) is 0 Å². The van der Waals surface area contributed by atoms with Crippen molar-refractivity contribution in [3.63, 3.8) is 0 Å². The fourth-order valence-electron chi connectivity index (χ4n) is 2.31. The number of rotatable bonds is 5. The van der Waals surface area contributed by atoms with Gasteiger partial charge in [0, 0.05) is 0 Å². The number of aryl methyl sites for hydroxylation is 1. The maximum atomic E-state index is 13.1. The van der Waals surface area contributed by atoms with Crippen molar-refractivity contribution >= 4 is 27.8 Å². The Bertz CT molecular complexity index is 906. The molecule has 138 valence electrons. The van der Waals surface area contributed by atoms with Crippen molar-refractivity contribution in [2.75, 3.05) is 18.5 Å². The zero-order valence-corrected chi connectivity index (χ0v) is 15.4. The number of carbonyl (C=O) groups excluding carboxylic acids is 2. The van der Waals surface area contributed by atoms with Gasteiger partial charge in [-0.1, -0.05) is 35.9 Å². The number of carbonyl (C=O) groups is 2. The first kappa shape index (κ1) is 19.5. The summed E-state index contributed by atoms with van der Waals surface area (Å²) in [6.45, 7) is 1.82. The van der Waals surface area contributed by atoms with Crippen molar-refractivity contribution in [3.05, 3.63) is 59.7 Å². The summed E-state index contributed by atoms with van der Waals surface area (Å²) in [5.41, 5.74) is 1.23. The van der Waals surface area contributed by atoms with E-state index in [4.69, 9.17) is 0 Å². The van der Waals surface area contributed by atoms with Crippen LogP contribution in [0.2, 0.25) is 0 Å². The minimum absolute atomic E-state index is 0.0327. The minimum atomic E-state index is -4.24. The molecule has 0 aliphatic carbocycles. The van der Waals surface area contributed by atoms with Crippen LogP contribution in [0.1, 0.15) is 11.1 Å². The number of methoxy groups -OCH3 is 2. The van der Waals surface area contributed by atoms with E-state index in [9.17, 15) is 18.0 Å². The summed E-state index contributed by atoms with van der Waals surface area (Å²) >= 11 is 0. The fraction of sp³-hybridized carbons (Fsp3) is 0.222. The molecule has 0 aromatic heterocycles. The van der Waals surface area contributed by atoms with Crippen molar-refractivity contribution in [3.8, 4) is 0 Å². The molecule has 0 saturated heterocycles.